The molecule has 140 valence electrons. The second-order valence-corrected chi connectivity index (χ2v) is 7.65. The first-order valence-corrected chi connectivity index (χ1v) is 9.19. The summed E-state index contributed by atoms with van der Waals surface area (Å²) >= 11 is 0. The number of hydrogen-bond donors (Lipinski definition) is 3. The molecule has 0 saturated carbocycles. The van der Waals surface area contributed by atoms with Crippen LogP contribution in [0.5, 0.6) is 0 Å². The van der Waals surface area contributed by atoms with Gasteiger partial charge in [-0.05, 0) is 37.1 Å². The van der Waals surface area contributed by atoms with Gasteiger partial charge in [0.05, 0.1) is 25.0 Å². The van der Waals surface area contributed by atoms with Gasteiger partial charge in [0.2, 0.25) is 11.8 Å². The van der Waals surface area contributed by atoms with Crippen LogP contribution in [-0.4, -0.2) is 37.0 Å². The minimum absolute atomic E-state index is 0.0204. The highest BCUT2D eigenvalue weighted by atomic mass is 16.2. The van der Waals surface area contributed by atoms with Crippen LogP contribution in [0, 0.1) is 0 Å². The lowest BCUT2D eigenvalue weighted by atomic mass is 10.0. The maximum atomic E-state index is 12.2. The summed E-state index contributed by atoms with van der Waals surface area (Å²) in [4.78, 5) is 24.0. The molecule has 0 bridgehead atoms. The molecule has 5 nitrogen and oxygen atoms in total. The number of carbonyl (C=O) groups is 2. The van der Waals surface area contributed by atoms with Crippen LogP contribution in [-0.2, 0) is 16.0 Å². The van der Waals surface area contributed by atoms with Crippen molar-refractivity contribution < 1.29 is 14.9 Å². The molecular formula is C21H30N3O2+. The van der Waals surface area contributed by atoms with E-state index in [2.05, 4.69) is 36.7 Å². The fourth-order valence-electron chi connectivity index (χ4n) is 2.79. The molecule has 4 N–H and O–H groups in total. The molecule has 0 spiro atoms. The van der Waals surface area contributed by atoms with E-state index < -0.39 is 0 Å². The van der Waals surface area contributed by atoms with Crippen molar-refractivity contribution in [3.05, 3.63) is 48.0 Å². The number of rotatable bonds is 8. The molecule has 2 amide bonds. The second kappa shape index (κ2) is 9.34. The Kier molecular flexibility index (Phi) is 7.16. The lowest BCUT2D eigenvalue weighted by Gasteiger charge is -2.16. The lowest BCUT2D eigenvalue weighted by Crippen LogP contribution is -2.94. The number of amides is 2. The molecule has 26 heavy (non-hydrogen) atoms. The summed E-state index contributed by atoms with van der Waals surface area (Å²) in [7, 11) is 0. The first kappa shape index (κ1) is 19.9. The highest BCUT2D eigenvalue weighted by molar-refractivity contribution is 5.91. The monoisotopic (exact) mass is 356 g/mol. The molecule has 0 fully saturated rings. The molecule has 2 aromatic rings. The van der Waals surface area contributed by atoms with Gasteiger partial charge >= 0.3 is 0 Å². The van der Waals surface area contributed by atoms with Crippen molar-refractivity contribution in [2.24, 2.45) is 0 Å². The van der Waals surface area contributed by atoms with Gasteiger partial charge in [0, 0.05) is 13.0 Å². The molecule has 0 aromatic heterocycles. The minimum atomic E-state index is -0.146. The van der Waals surface area contributed by atoms with E-state index in [9.17, 15) is 9.59 Å². The molecule has 0 aliphatic heterocycles. The quantitative estimate of drug-likeness (QED) is 0.625. The predicted octanol–water partition coefficient (Wildman–Crippen LogP) is 1.37. The topological polar surface area (TPSA) is 74.8 Å². The maximum absolute atomic E-state index is 12.2. The van der Waals surface area contributed by atoms with Gasteiger partial charge in [-0.1, -0.05) is 42.5 Å². The average Bonchev–Trinajstić information content (AvgIpc) is 2.59. The van der Waals surface area contributed by atoms with E-state index in [0.717, 1.165) is 29.3 Å². The Hall–Kier alpha value is -2.40. The smallest absolute Gasteiger partial charge is 0.239 e. The van der Waals surface area contributed by atoms with Crippen molar-refractivity contribution in [1.82, 2.24) is 10.6 Å². The Labute approximate surface area is 155 Å². The Morgan fingerprint density at radius 1 is 0.962 bits per heavy atom. The fourth-order valence-corrected chi connectivity index (χ4v) is 2.79. The van der Waals surface area contributed by atoms with Crippen LogP contribution >= 0.6 is 0 Å². The summed E-state index contributed by atoms with van der Waals surface area (Å²) in [5.74, 6) is -0.287. The van der Waals surface area contributed by atoms with Crippen LogP contribution in [0.1, 0.15) is 32.8 Å². The third kappa shape index (κ3) is 6.84. The van der Waals surface area contributed by atoms with Crippen LogP contribution in [0.4, 0.5) is 0 Å². The number of nitrogens with two attached hydrogens (primary N) is 1. The van der Waals surface area contributed by atoms with E-state index in [1.54, 1.807) is 0 Å². The normalized spacial score (nSPS) is 11.3. The summed E-state index contributed by atoms with van der Waals surface area (Å²) in [5, 5.41) is 9.99. The zero-order chi connectivity index (χ0) is 19.0. The second-order valence-electron chi connectivity index (χ2n) is 7.65. The first-order valence-electron chi connectivity index (χ1n) is 9.19. The first-order chi connectivity index (χ1) is 12.3. The highest BCUT2D eigenvalue weighted by Crippen LogP contribution is 2.18. The predicted molar refractivity (Wildman–Crippen MR) is 105 cm³/mol. The van der Waals surface area contributed by atoms with Crippen molar-refractivity contribution in [1.29, 1.82) is 0 Å². The van der Waals surface area contributed by atoms with Gasteiger partial charge < -0.3 is 16.0 Å². The largest absolute Gasteiger partial charge is 0.354 e. The Balaban J connectivity index is 1.70. The van der Waals surface area contributed by atoms with Gasteiger partial charge in [0.1, 0.15) is 0 Å². The van der Waals surface area contributed by atoms with Gasteiger partial charge in [0.25, 0.3) is 0 Å². The Morgan fingerprint density at radius 2 is 1.69 bits per heavy atom. The van der Waals surface area contributed by atoms with E-state index in [0.29, 0.717) is 6.54 Å². The summed E-state index contributed by atoms with van der Waals surface area (Å²) in [6, 6.07) is 13.9. The van der Waals surface area contributed by atoms with Crippen LogP contribution in [0.25, 0.3) is 10.8 Å². The van der Waals surface area contributed by atoms with Crippen molar-refractivity contribution in [2.45, 2.75) is 39.2 Å². The summed E-state index contributed by atoms with van der Waals surface area (Å²) in [6.07, 6.45) is 1.18. The molecule has 0 unspecified atom stereocenters. The number of hydrogen-bond acceptors (Lipinski definition) is 2. The van der Waals surface area contributed by atoms with Gasteiger partial charge in [-0.2, -0.15) is 0 Å². The van der Waals surface area contributed by atoms with E-state index in [1.807, 2.05) is 42.5 Å². The van der Waals surface area contributed by atoms with Crippen LogP contribution in [0.15, 0.2) is 42.5 Å². The molecule has 0 aliphatic rings. The minimum Gasteiger partial charge on any atom is -0.354 e. The SMILES string of the molecule is CC(C)(C)[NH2+]CCCNC(=O)CNC(=O)Cc1cccc2ccccc12. The zero-order valence-electron chi connectivity index (χ0n) is 16.0. The van der Waals surface area contributed by atoms with E-state index in [4.69, 9.17) is 0 Å². The lowest BCUT2D eigenvalue weighted by molar-refractivity contribution is -0.717. The molecule has 2 aromatic carbocycles. The maximum Gasteiger partial charge on any atom is 0.239 e. The zero-order valence-corrected chi connectivity index (χ0v) is 16.0. The van der Waals surface area contributed by atoms with Gasteiger partial charge in [-0.15, -0.1) is 0 Å². The van der Waals surface area contributed by atoms with E-state index in [-0.39, 0.29) is 30.3 Å². The van der Waals surface area contributed by atoms with Gasteiger partial charge in [0.15, 0.2) is 0 Å². The molecule has 5 heteroatoms. The molecule has 2 rings (SSSR count). The number of nitrogens with one attached hydrogen (secondary N) is 2. The number of carbonyl (C=O) groups excluding carboxylic acids is 2. The molecule has 0 aliphatic carbocycles. The molecule has 0 radical (unpaired) electrons. The molecule has 0 heterocycles. The van der Waals surface area contributed by atoms with Crippen LogP contribution < -0.4 is 16.0 Å². The summed E-state index contributed by atoms with van der Waals surface area (Å²) in [5.41, 5.74) is 1.18. The van der Waals surface area contributed by atoms with Gasteiger partial charge in [-0.25, -0.2) is 0 Å². The molecule has 0 saturated heterocycles. The summed E-state index contributed by atoms with van der Waals surface area (Å²) < 4.78 is 0. The highest BCUT2D eigenvalue weighted by Gasteiger charge is 2.12. The Bertz CT molecular complexity index is 745. The Morgan fingerprint density at radius 3 is 2.46 bits per heavy atom. The van der Waals surface area contributed by atoms with Crippen molar-refractivity contribution in [3.63, 3.8) is 0 Å². The molecular weight excluding hydrogens is 326 g/mol. The number of benzene rings is 2. The fraction of sp³-hybridized carbons (Fsp3) is 0.429. The average molecular weight is 356 g/mol. The standard InChI is InChI=1S/C21H29N3O2/c1-21(2,3)24-13-7-12-22-20(26)15-23-19(25)14-17-10-6-9-16-8-4-5-11-18(16)17/h4-6,8-11,24H,7,12-15H2,1-3H3,(H,22,26)(H,23,25)/p+1. The van der Waals surface area contributed by atoms with Crippen molar-refractivity contribution in [2.75, 3.05) is 19.6 Å². The summed E-state index contributed by atoms with van der Waals surface area (Å²) in [6.45, 7) is 8.11. The van der Waals surface area contributed by atoms with Gasteiger partial charge in [-0.3, -0.25) is 9.59 Å². The number of fused-ring (bicyclic) bond motifs is 1. The molecule has 0 atom stereocenters. The van der Waals surface area contributed by atoms with Crippen LogP contribution in [0.3, 0.4) is 0 Å². The van der Waals surface area contributed by atoms with E-state index >= 15 is 0 Å². The van der Waals surface area contributed by atoms with E-state index in [1.165, 1.54) is 0 Å². The third-order valence-electron chi connectivity index (χ3n) is 4.14. The van der Waals surface area contributed by atoms with Crippen molar-refractivity contribution >= 4 is 22.6 Å². The number of quaternary nitrogens is 1. The van der Waals surface area contributed by atoms with Crippen LogP contribution in [0.2, 0.25) is 0 Å². The third-order valence-corrected chi connectivity index (χ3v) is 4.14. The van der Waals surface area contributed by atoms with Crippen molar-refractivity contribution in [3.8, 4) is 0 Å².